The fourth-order valence-electron chi connectivity index (χ4n) is 6.83. The van der Waals surface area contributed by atoms with Crippen molar-refractivity contribution < 1.29 is 39.9 Å². The molecule has 7 atom stereocenters. The van der Waals surface area contributed by atoms with E-state index in [0.29, 0.717) is 11.1 Å². The first-order valence-electron chi connectivity index (χ1n) is 12.2. The van der Waals surface area contributed by atoms with Gasteiger partial charge in [-0.1, -0.05) is 31.2 Å². The lowest BCUT2D eigenvalue weighted by atomic mass is 9.55. The van der Waals surface area contributed by atoms with Crippen molar-refractivity contribution in [2.75, 3.05) is 14.1 Å². The molecule has 10 heteroatoms. The molecule has 0 bridgehead atoms. The van der Waals surface area contributed by atoms with Crippen molar-refractivity contribution in [2.24, 2.45) is 17.6 Å². The Bertz CT molecular complexity index is 1340. The van der Waals surface area contributed by atoms with E-state index in [4.69, 9.17) is 5.73 Å². The van der Waals surface area contributed by atoms with Gasteiger partial charge in [0.15, 0.2) is 11.4 Å². The van der Waals surface area contributed by atoms with E-state index >= 15 is 0 Å². The second-order valence-corrected chi connectivity index (χ2v) is 10.6. The van der Waals surface area contributed by atoms with Crippen LogP contribution < -0.4 is 5.73 Å². The van der Waals surface area contributed by atoms with Gasteiger partial charge in [0.1, 0.15) is 22.8 Å². The van der Waals surface area contributed by atoms with E-state index in [9.17, 15) is 39.9 Å². The molecule has 1 aromatic rings. The van der Waals surface area contributed by atoms with E-state index in [-0.39, 0.29) is 17.2 Å². The van der Waals surface area contributed by atoms with Crippen molar-refractivity contribution in [1.29, 1.82) is 0 Å². The standard InChI is InChI=1S/C27H30N2O8/c1-10-12-8-9-13(11-6-4-5-7-11)20(30)15(12)21(31)16-14(10)22(32)18-19(29(2)3)23(33)17(26(28)36)25(35)27(18,37)24(16)34/h4,6,8-11,14,18-19,22,30,32-34,37H,5,7H2,1-3H3,(H2,28,36)/t10?,11?,14-,18-,19+,22+,27+/m1/s1. The number of aliphatic hydroxyl groups excluding tert-OH is 3. The van der Waals surface area contributed by atoms with E-state index in [1.807, 2.05) is 12.2 Å². The number of benzene rings is 1. The summed E-state index contributed by atoms with van der Waals surface area (Å²) in [6, 6.07) is 2.19. The monoisotopic (exact) mass is 510 g/mol. The molecule has 1 amide bonds. The highest BCUT2D eigenvalue weighted by Gasteiger charge is 2.67. The lowest BCUT2D eigenvalue weighted by Gasteiger charge is -2.53. The number of nitrogens with zero attached hydrogens (tertiary/aromatic N) is 1. The smallest absolute Gasteiger partial charge is 0.255 e. The Kier molecular flexibility index (Phi) is 5.63. The average molecular weight is 511 g/mol. The van der Waals surface area contributed by atoms with Crippen LogP contribution in [0.1, 0.15) is 53.1 Å². The zero-order valence-corrected chi connectivity index (χ0v) is 20.7. The van der Waals surface area contributed by atoms with Crippen LogP contribution in [-0.2, 0) is 9.59 Å². The van der Waals surface area contributed by atoms with Crippen LogP contribution in [0.15, 0.2) is 46.9 Å². The zero-order valence-electron chi connectivity index (χ0n) is 20.7. The van der Waals surface area contributed by atoms with E-state index in [2.05, 4.69) is 0 Å². The summed E-state index contributed by atoms with van der Waals surface area (Å²) in [5, 5.41) is 56.8. The molecule has 0 saturated carbocycles. The van der Waals surface area contributed by atoms with Crippen molar-refractivity contribution in [3.05, 3.63) is 63.6 Å². The van der Waals surface area contributed by atoms with Gasteiger partial charge in [-0.25, -0.2) is 0 Å². The number of ketones is 2. The van der Waals surface area contributed by atoms with Gasteiger partial charge in [0.05, 0.1) is 23.6 Å². The highest BCUT2D eigenvalue weighted by Crippen LogP contribution is 2.56. The number of amides is 1. The van der Waals surface area contributed by atoms with Gasteiger partial charge in [-0.3, -0.25) is 19.3 Å². The first-order valence-corrected chi connectivity index (χ1v) is 12.2. The van der Waals surface area contributed by atoms with Gasteiger partial charge in [0, 0.05) is 23.0 Å². The van der Waals surface area contributed by atoms with Crippen LogP contribution in [0.3, 0.4) is 0 Å². The number of carbonyl (C=O) groups is 3. The van der Waals surface area contributed by atoms with Crippen LogP contribution in [0.2, 0.25) is 0 Å². The summed E-state index contributed by atoms with van der Waals surface area (Å²) in [6.07, 6.45) is 3.93. The number of fused-ring (bicyclic) bond motifs is 3. The number of likely N-dealkylation sites (N-methyl/N-ethyl adjacent to an activating group) is 1. The Morgan fingerprint density at radius 3 is 2.35 bits per heavy atom. The summed E-state index contributed by atoms with van der Waals surface area (Å²) in [4.78, 5) is 40.8. The molecule has 0 radical (unpaired) electrons. The van der Waals surface area contributed by atoms with E-state index in [0.717, 1.165) is 12.8 Å². The largest absolute Gasteiger partial charge is 0.510 e. The number of nitrogens with two attached hydrogens (primary N) is 1. The van der Waals surface area contributed by atoms with Crippen molar-refractivity contribution in [3.8, 4) is 5.75 Å². The van der Waals surface area contributed by atoms with Gasteiger partial charge in [0.25, 0.3) is 5.91 Å². The molecule has 4 aliphatic rings. The number of rotatable bonds is 3. The molecule has 0 aromatic heterocycles. The van der Waals surface area contributed by atoms with Gasteiger partial charge >= 0.3 is 0 Å². The highest BCUT2D eigenvalue weighted by molar-refractivity contribution is 6.25. The average Bonchev–Trinajstić information content (AvgIpc) is 3.35. The molecule has 2 unspecified atom stereocenters. The molecule has 196 valence electrons. The van der Waals surface area contributed by atoms with Gasteiger partial charge in [0.2, 0.25) is 5.78 Å². The lowest BCUT2D eigenvalue weighted by molar-refractivity contribution is -0.162. The molecule has 4 aliphatic carbocycles. The Morgan fingerprint density at radius 2 is 1.78 bits per heavy atom. The third-order valence-electron chi connectivity index (χ3n) is 8.57. The molecule has 0 aliphatic heterocycles. The molecule has 0 spiro atoms. The fourth-order valence-corrected chi connectivity index (χ4v) is 6.83. The Morgan fingerprint density at radius 1 is 1.14 bits per heavy atom. The number of Topliss-reactive ketones (excluding diaryl/α,β-unsaturated/α-hetero) is 2. The molecular formula is C27H30N2O8. The number of hydrogen-bond donors (Lipinski definition) is 6. The number of primary amides is 1. The number of aromatic hydroxyl groups is 1. The number of allylic oxidation sites excluding steroid dienone is 2. The summed E-state index contributed by atoms with van der Waals surface area (Å²) in [5.74, 6) is -8.84. The van der Waals surface area contributed by atoms with Crippen LogP contribution in [-0.4, -0.2) is 79.7 Å². The van der Waals surface area contributed by atoms with Crippen LogP contribution in [0.4, 0.5) is 0 Å². The molecular weight excluding hydrogens is 480 g/mol. The van der Waals surface area contributed by atoms with Crippen molar-refractivity contribution >= 4 is 17.5 Å². The summed E-state index contributed by atoms with van der Waals surface area (Å²) < 4.78 is 0. The second kappa shape index (κ2) is 8.27. The minimum Gasteiger partial charge on any atom is -0.510 e. The van der Waals surface area contributed by atoms with E-state index in [1.165, 1.54) is 19.0 Å². The summed E-state index contributed by atoms with van der Waals surface area (Å²) in [6.45, 7) is 1.71. The summed E-state index contributed by atoms with van der Waals surface area (Å²) in [7, 11) is 3.00. The maximum Gasteiger partial charge on any atom is 0.255 e. The molecule has 0 heterocycles. The predicted molar refractivity (Wildman–Crippen MR) is 131 cm³/mol. The van der Waals surface area contributed by atoms with Gasteiger partial charge in [-0.2, -0.15) is 0 Å². The summed E-state index contributed by atoms with van der Waals surface area (Å²) in [5.41, 5.74) is 2.06. The number of phenols is 1. The van der Waals surface area contributed by atoms with Gasteiger partial charge in [-0.05, 0) is 38.4 Å². The summed E-state index contributed by atoms with van der Waals surface area (Å²) >= 11 is 0. The van der Waals surface area contributed by atoms with Crippen LogP contribution in [0, 0.1) is 11.8 Å². The van der Waals surface area contributed by atoms with Crippen molar-refractivity contribution in [1.82, 2.24) is 4.90 Å². The van der Waals surface area contributed by atoms with Crippen LogP contribution in [0.5, 0.6) is 5.75 Å². The van der Waals surface area contributed by atoms with E-state index in [1.54, 1.807) is 19.1 Å². The van der Waals surface area contributed by atoms with Crippen molar-refractivity contribution in [2.45, 2.75) is 49.3 Å². The Hall–Kier alpha value is -3.47. The van der Waals surface area contributed by atoms with Gasteiger partial charge < -0.3 is 31.3 Å². The quantitative estimate of drug-likeness (QED) is 0.256. The minimum atomic E-state index is -2.91. The lowest BCUT2D eigenvalue weighted by Crippen LogP contribution is -2.68. The third kappa shape index (κ3) is 3.12. The molecule has 5 rings (SSSR count). The van der Waals surface area contributed by atoms with Crippen LogP contribution in [0.25, 0.3) is 0 Å². The van der Waals surface area contributed by atoms with Crippen molar-refractivity contribution in [3.63, 3.8) is 0 Å². The minimum absolute atomic E-state index is 0.0571. The first-order chi connectivity index (χ1) is 17.3. The number of hydrogen-bond acceptors (Lipinski definition) is 9. The van der Waals surface area contributed by atoms with E-state index < -0.39 is 75.6 Å². The highest BCUT2D eigenvalue weighted by atomic mass is 16.4. The topological polar surface area (TPSA) is 182 Å². The fraction of sp³-hybridized carbons (Fsp3) is 0.444. The molecule has 7 N–H and O–H groups in total. The predicted octanol–water partition coefficient (Wildman–Crippen LogP) is 1.09. The Labute approximate surface area is 213 Å². The SMILES string of the molecule is CC1c2ccc(C3C=CCC3)c(O)c2C(=O)C2=C(O)[C@]3(O)C(=O)C(C(N)=O)=C(O)[C@@H](N(C)C)[C@@H]3[C@@H](O)[C@@H]21. The normalized spacial score (nSPS) is 35.1. The number of carbonyl (C=O) groups excluding carboxylic acids is 3. The molecule has 0 fully saturated rings. The molecule has 10 nitrogen and oxygen atoms in total. The maximum absolute atomic E-state index is 13.9. The first kappa shape index (κ1) is 25.2. The molecule has 0 saturated heterocycles. The Balaban J connectivity index is 1.76. The number of aliphatic hydroxyl groups is 4. The maximum atomic E-state index is 13.9. The van der Waals surface area contributed by atoms with Gasteiger partial charge in [-0.15, -0.1) is 0 Å². The second-order valence-electron chi connectivity index (χ2n) is 10.6. The molecule has 37 heavy (non-hydrogen) atoms. The zero-order chi connectivity index (χ0) is 27.1. The number of phenolic OH excluding ortho intramolecular Hbond substituents is 1. The van der Waals surface area contributed by atoms with Crippen LogP contribution >= 0.6 is 0 Å². The molecule has 1 aromatic carbocycles. The third-order valence-corrected chi connectivity index (χ3v) is 8.57.